The van der Waals surface area contributed by atoms with Crippen LogP contribution in [0.2, 0.25) is 4.34 Å². The normalized spacial score (nSPS) is 14.4. The van der Waals surface area contributed by atoms with Gasteiger partial charge in [-0.1, -0.05) is 25.4 Å². The van der Waals surface area contributed by atoms with E-state index in [2.05, 4.69) is 57.9 Å². The molecule has 0 aliphatic heterocycles. The van der Waals surface area contributed by atoms with Crippen molar-refractivity contribution in [3.05, 3.63) is 21.3 Å². The summed E-state index contributed by atoms with van der Waals surface area (Å²) in [7, 11) is 2.20. The molecule has 1 aromatic heterocycles. The van der Waals surface area contributed by atoms with Crippen molar-refractivity contribution >= 4 is 22.9 Å². The van der Waals surface area contributed by atoms with Gasteiger partial charge in [0.1, 0.15) is 0 Å². The van der Waals surface area contributed by atoms with E-state index in [9.17, 15) is 0 Å². The van der Waals surface area contributed by atoms with Crippen LogP contribution in [0.25, 0.3) is 0 Å². The van der Waals surface area contributed by atoms with E-state index in [1.165, 1.54) is 4.88 Å². The number of hydrogen-bond acceptors (Lipinski definition) is 3. The van der Waals surface area contributed by atoms with E-state index < -0.39 is 0 Å². The summed E-state index contributed by atoms with van der Waals surface area (Å²) >= 11 is 7.67. The molecule has 1 atom stereocenters. The highest BCUT2D eigenvalue weighted by atomic mass is 35.5. The van der Waals surface area contributed by atoms with Gasteiger partial charge in [-0.3, -0.25) is 4.90 Å². The minimum Gasteiger partial charge on any atom is -0.311 e. The van der Waals surface area contributed by atoms with Crippen LogP contribution in [0.1, 0.15) is 39.5 Å². The zero-order valence-electron chi connectivity index (χ0n) is 13.0. The Morgan fingerprint density at radius 2 is 1.95 bits per heavy atom. The van der Waals surface area contributed by atoms with Gasteiger partial charge >= 0.3 is 0 Å². The Kier molecular flexibility index (Phi) is 6.31. The van der Waals surface area contributed by atoms with Crippen molar-refractivity contribution in [2.75, 3.05) is 13.6 Å². The Morgan fingerprint density at radius 1 is 1.32 bits per heavy atom. The number of likely N-dealkylation sites (N-methyl/N-ethyl adjacent to an activating group) is 1. The van der Waals surface area contributed by atoms with Gasteiger partial charge in [-0.25, -0.2) is 0 Å². The van der Waals surface area contributed by atoms with Crippen molar-refractivity contribution < 1.29 is 0 Å². The van der Waals surface area contributed by atoms with Crippen LogP contribution in [0.15, 0.2) is 12.1 Å². The highest BCUT2D eigenvalue weighted by Gasteiger charge is 2.21. The molecule has 0 saturated carbocycles. The molecule has 1 heterocycles. The summed E-state index contributed by atoms with van der Waals surface area (Å²) in [6, 6.07) is 4.63. The van der Waals surface area contributed by atoms with Gasteiger partial charge in [0.25, 0.3) is 0 Å². The summed E-state index contributed by atoms with van der Waals surface area (Å²) < 4.78 is 0.873. The zero-order valence-corrected chi connectivity index (χ0v) is 14.5. The van der Waals surface area contributed by atoms with Crippen molar-refractivity contribution in [1.29, 1.82) is 0 Å². The molecule has 19 heavy (non-hydrogen) atoms. The minimum absolute atomic E-state index is 0.167. The van der Waals surface area contributed by atoms with Gasteiger partial charge in [-0.2, -0.15) is 0 Å². The lowest BCUT2D eigenvalue weighted by Crippen LogP contribution is -2.48. The Balaban J connectivity index is 2.60. The second-order valence-corrected chi connectivity index (χ2v) is 8.36. The number of thiophene rings is 1. The molecule has 4 heteroatoms. The van der Waals surface area contributed by atoms with E-state index in [4.69, 9.17) is 11.6 Å². The average molecular weight is 303 g/mol. The van der Waals surface area contributed by atoms with Crippen LogP contribution < -0.4 is 5.32 Å². The van der Waals surface area contributed by atoms with Crippen molar-refractivity contribution in [1.82, 2.24) is 10.2 Å². The Hall–Kier alpha value is -0.0900. The minimum atomic E-state index is 0.167. The summed E-state index contributed by atoms with van der Waals surface area (Å²) in [6.07, 6.45) is 0. The highest BCUT2D eigenvalue weighted by molar-refractivity contribution is 7.16. The van der Waals surface area contributed by atoms with Crippen LogP contribution in [0.4, 0.5) is 0 Å². The Morgan fingerprint density at radius 3 is 2.37 bits per heavy atom. The first kappa shape index (κ1) is 17.0. The predicted octanol–water partition coefficient (Wildman–Crippen LogP) is 4.25. The number of nitrogens with zero attached hydrogens (tertiary/aromatic N) is 1. The molecule has 1 aromatic rings. The van der Waals surface area contributed by atoms with Gasteiger partial charge in [-0.15, -0.1) is 11.3 Å². The van der Waals surface area contributed by atoms with Gasteiger partial charge < -0.3 is 5.32 Å². The molecule has 0 saturated heterocycles. The lowest BCUT2D eigenvalue weighted by molar-refractivity contribution is 0.171. The topological polar surface area (TPSA) is 15.3 Å². The number of halogens is 1. The maximum atomic E-state index is 5.99. The van der Waals surface area contributed by atoms with E-state index in [0.717, 1.165) is 17.4 Å². The third kappa shape index (κ3) is 6.26. The first-order valence-electron chi connectivity index (χ1n) is 6.88. The Labute approximate surface area is 127 Å². The molecule has 0 aromatic carbocycles. The third-order valence-electron chi connectivity index (χ3n) is 3.21. The second-order valence-electron chi connectivity index (χ2n) is 6.56. The van der Waals surface area contributed by atoms with Gasteiger partial charge in [-0.05, 0) is 45.9 Å². The summed E-state index contributed by atoms with van der Waals surface area (Å²) in [6.45, 7) is 13.2. The average Bonchev–Trinajstić information content (AvgIpc) is 2.61. The lowest BCUT2D eigenvalue weighted by Gasteiger charge is -2.34. The van der Waals surface area contributed by atoms with Crippen LogP contribution in [0.5, 0.6) is 0 Å². The van der Waals surface area contributed by atoms with E-state index in [-0.39, 0.29) is 5.54 Å². The van der Waals surface area contributed by atoms with Crippen molar-refractivity contribution in [3.8, 4) is 0 Å². The molecule has 1 rings (SSSR count). The maximum Gasteiger partial charge on any atom is 0.0931 e. The summed E-state index contributed by atoms with van der Waals surface area (Å²) in [5.74, 6) is 0.621. The fourth-order valence-electron chi connectivity index (χ4n) is 2.11. The quantitative estimate of drug-likeness (QED) is 0.845. The first-order chi connectivity index (χ1) is 8.69. The third-order valence-corrected chi connectivity index (χ3v) is 4.43. The molecular formula is C15H27ClN2S. The molecule has 0 radical (unpaired) electrons. The predicted molar refractivity (Wildman–Crippen MR) is 87.2 cm³/mol. The maximum absolute atomic E-state index is 5.99. The SMILES string of the molecule is CC(C)C(CNC(C)(C)C)N(C)Cc1ccc(Cl)s1. The molecule has 0 aliphatic rings. The van der Waals surface area contributed by atoms with Crippen LogP contribution in [-0.2, 0) is 6.54 Å². The van der Waals surface area contributed by atoms with Crippen LogP contribution >= 0.6 is 22.9 Å². The molecule has 1 N–H and O–H groups in total. The fourth-order valence-corrected chi connectivity index (χ4v) is 3.26. The summed E-state index contributed by atoms with van der Waals surface area (Å²) in [5.41, 5.74) is 0.167. The van der Waals surface area contributed by atoms with E-state index >= 15 is 0 Å². The van der Waals surface area contributed by atoms with Crippen molar-refractivity contribution in [2.45, 2.75) is 52.7 Å². The van der Waals surface area contributed by atoms with Crippen LogP contribution in [-0.4, -0.2) is 30.1 Å². The first-order valence-corrected chi connectivity index (χ1v) is 8.08. The van der Waals surface area contributed by atoms with Gasteiger partial charge in [0, 0.05) is 29.5 Å². The summed E-state index contributed by atoms with van der Waals surface area (Å²) in [5, 5.41) is 3.61. The van der Waals surface area contributed by atoms with Crippen molar-refractivity contribution in [2.24, 2.45) is 5.92 Å². The van der Waals surface area contributed by atoms with Crippen LogP contribution in [0, 0.1) is 5.92 Å². The monoisotopic (exact) mass is 302 g/mol. The van der Waals surface area contributed by atoms with E-state index in [1.54, 1.807) is 11.3 Å². The lowest BCUT2D eigenvalue weighted by atomic mass is 10.0. The molecule has 0 bridgehead atoms. The molecule has 0 amide bonds. The highest BCUT2D eigenvalue weighted by Crippen LogP contribution is 2.23. The summed E-state index contributed by atoms with van der Waals surface area (Å²) in [4.78, 5) is 3.75. The van der Waals surface area contributed by atoms with E-state index in [0.29, 0.717) is 12.0 Å². The fraction of sp³-hybridized carbons (Fsp3) is 0.733. The smallest absolute Gasteiger partial charge is 0.0931 e. The van der Waals surface area contributed by atoms with Gasteiger partial charge in [0.05, 0.1) is 4.34 Å². The van der Waals surface area contributed by atoms with Crippen LogP contribution in [0.3, 0.4) is 0 Å². The number of rotatable bonds is 6. The largest absolute Gasteiger partial charge is 0.311 e. The van der Waals surface area contributed by atoms with E-state index in [1.807, 2.05) is 6.07 Å². The second kappa shape index (κ2) is 7.07. The van der Waals surface area contributed by atoms with Gasteiger partial charge in [0.2, 0.25) is 0 Å². The van der Waals surface area contributed by atoms with Gasteiger partial charge in [0.15, 0.2) is 0 Å². The molecular weight excluding hydrogens is 276 g/mol. The molecule has 0 fully saturated rings. The molecule has 1 unspecified atom stereocenters. The molecule has 2 nitrogen and oxygen atoms in total. The van der Waals surface area contributed by atoms with Crippen molar-refractivity contribution in [3.63, 3.8) is 0 Å². The zero-order chi connectivity index (χ0) is 14.6. The standard InChI is InChI=1S/C15H27ClN2S/c1-11(2)13(9-17-15(3,4)5)18(6)10-12-7-8-14(16)19-12/h7-8,11,13,17H,9-10H2,1-6H3. The number of hydrogen-bond donors (Lipinski definition) is 1. The number of nitrogens with one attached hydrogen (secondary N) is 1. The molecule has 0 aliphatic carbocycles. The molecule has 0 spiro atoms. The Bertz CT molecular complexity index is 382. The molecule has 110 valence electrons.